The molecule has 5 heteroatoms. The van der Waals surface area contributed by atoms with Gasteiger partial charge in [0, 0.05) is 12.1 Å². The molecule has 0 fully saturated rings. The second-order valence-corrected chi connectivity index (χ2v) is 5.36. The summed E-state index contributed by atoms with van der Waals surface area (Å²) in [4.78, 5) is 12.1. The maximum Gasteiger partial charge on any atom is 0.287 e. The maximum absolute atomic E-state index is 12.8. The largest absolute Gasteiger partial charge is 0.451 e. The summed E-state index contributed by atoms with van der Waals surface area (Å²) in [6, 6.07) is 16.5. The van der Waals surface area contributed by atoms with Gasteiger partial charge in [0.15, 0.2) is 5.76 Å². The van der Waals surface area contributed by atoms with E-state index in [0.717, 1.165) is 11.1 Å². The Bertz CT molecular complexity index is 827. The quantitative estimate of drug-likeness (QED) is 0.755. The zero-order valence-electron chi connectivity index (χ0n) is 12.1. The SMILES string of the molecule is O=C(NCc1ccc(F)cc1)c1ccc(-c2ccccc2Cl)o1. The average Bonchev–Trinajstić information content (AvgIpc) is 3.04. The second kappa shape index (κ2) is 6.67. The van der Waals surface area contributed by atoms with Gasteiger partial charge in [0.05, 0.1) is 5.02 Å². The number of rotatable bonds is 4. The third kappa shape index (κ3) is 3.60. The van der Waals surface area contributed by atoms with E-state index in [2.05, 4.69) is 5.32 Å². The summed E-state index contributed by atoms with van der Waals surface area (Å²) in [7, 11) is 0. The molecule has 0 radical (unpaired) electrons. The molecule has 3 rings (SSSR count). The van der Waals surface area contributed by atoms with Gasteiger partial charge in [-0.3, -0.25) is 4.79 Å². The number of carbonyl (C=O) groups excluding carboxylic acids is 1. The highest BCUT2D eigenvalue weighted by atomic mass is 35.5. The van der Waals surface area contributed by atoms with Crippen molar-refractivity contribution in [2.75, 3.05) is 0 Å². The molecular weight excluding hydrogens is 317 g/mol. The Morgan fingerprint density at radius 3 is 2.52 bits per heavy atom. The van der Waals surface area contributed by atoms with Gasteiger partial charge in [-0.05, 0) is 42.0 Å². The predicted octanol–water partition coefficient (Wildman–Crippen LogP) is 4.67. The third-order valence-corrected chi connectivity index (χ3v) is 3.67. The molecule has 0 unspecified atom stereocenters. The lowest BCUT2D eigenvalue weighted by Gasteiger charge is -2.04. The van der Waals surface area contributed by atoms with E-state index in [1.54, 1.807) is 30.3 Å². The molecule has 3 aromatic rings. The Labute approximate surface area is 137 Å². The molecule has 1 N–H and O–H groups in total. The molecule has 1 aromatic heterocycles. The van der Waals surface area contributed by atoms with E-state index in [1.165, 1.54) is 12.1 Å². The highest BCUT2D eigenvalue weighted by Gasteiger charge is 2.13. The fourth-order valence-corrected chi connectivity index (χ4v) is 2.37. The van der Waals surface area contributed by atoms with Crippen molar-refractivity contribution >= 4 is 17.5 Å². The summed E-state index contributed by atoms with van der Waals surface area (Å²) in [5.74, 6) is 0.0766. The average molecular weight is 330 g/mol. The number of amides is 1. The molecule has 0 spiro atoms. The summed E-state index contributed by atoms with van der Waals surface area (Å²) in [5, 5.41) is 3.28. The van der Waals surface area contributed by atoms with Gasteiger partial charge in [0.1, 0.15) is 11.6 Å². The van der Waals surface area contributed by atoms with E-state index in [-0.39, 0.29) is 17.5 Å². The van der Waals surface area contributed by atoms with Crippen LogP contribution in [0.2, 0.25) is 5.02 Å². The van der Waals surface area contributed by atoms with Crippen molar-refractivity contribution in [3.05, 3.63) is 82.8 Å². The Kier molecular flexibility index (Phi) is 4.44. The van der Waals surface area contributed by atoms with Gasteiger partial charge >= 0.3 is 0 Å². The van der Waals surface area contributed by atoms with Gasteiger partial charge in [-0.2, -0.15) is 0 Å². The van der Waals surface area contributed by atoms with E-state index < -0.39 is 0 Å². The molecule has 0 aliphatic carbocycles. The van der Waals surface area contributed by atoms with Crippen molar-refractivity contribution in [3.8, 4) is 11.3 Å². The third-order valence-electron chi connectivity index (χ3n) is 3.34. The minimum absolute atomic E-state index is 0.196. The lowest BCUT2D eigenvalue weighted by Crippen LogP contribution is -2.22. The number of carbonyl (C=O) groups is 1. The predicted molar refractivity (Wildman–Crippen MR) is 86.7 cm³/mol. The van der Waals surface area contributed by atoms with Gasteiger partial charge in [0.25, 0.3) is 5.91 Å². The zero-order chi connectivity index (χ0) is 16.2. The normalized spacial score (nSPS) is 10.5. The molecule has 0 aliphatic rings. The Balaban J connectivity index is 1.69. The summed E-state index contributed by atoms with van der Waals surface area (Å²) in [5.41, 5.74) is 1.53. The first kappa shape index (κ1) is 15.3. The molecule has 3 nitrogen and oxygen atoms in total. The van der Waals surface area contributed by atoms with E-state index in [4.69, 9.17) is 16.0 Å². The summed E-state index contributed by atoms with van der Waals surface area (Å²) in [6.45, 7) is 0.293. The fourth-order valence-electron chi connectivity index (χ4n) is 2.14. The van der Waals surface area contributed by atoms with Crippen molar-refractivity contribution in [1.29, 1.82) is 0 Å². The van der Waals surface area contributed by atoms with Gasteiger partial charge in [-0.1, -0.05) is 35.9 Å². The van der Waals surface area contributed by atoms with Crippen LogP contribution in [0.5, 0.6) is 0 Å². The number of hydrogen-bond acceptors (Lipinski definition) is 2. The van der Waals surface area contributed by atoms with Gasteiger partial charge in [-0.15, -0.1) is 0 Å². The van der Waals surface area contributed by atoms with Crippen molar-refractivity contribution in [2.45, 2.75) is 6.54 Å². The Morgan fingerprint density at radius 2 is 1.78 bits per heavy atom. The van der Waals surface area contributed by atoms with E-state index in [9.17, 15) is 9.18 Å². The summed E-state index contributed by atoms with van der Waals surface area (Å²) in [6.07, 6.45) is 0. The first-order chi connectivity index (χ1) is 11.1. The summed E-state index contributed by atoms with van der Waals surface area (Å²) < 4.78 is 18.4. The molecule has 1 heterocycles. The molecular formula is C18H13ClFNO2. The van der Waals surface area contributed by atoms with Crippen molar-refractivity contribution in [3.63, 3.8) is 0 Å². The van der Waals surface area contributed by atoms with Crippen molar-refractivity contribution in [2.24, 2.45) is 0 Å². The van der Waals surface area contributed by atoms with E-state index in [0.29, 0.717) is 17.3 Å². The highest BCUT2D eigenvalue weighted by molar-refractivity contribution is 6.33. The summed E-state index contributed by atoms with van der Waals surface area (Å²) >= 11 is 6.11. The van der Waals surface area contributed by atoms with E-state index in [1.807, 2.05) is 18.2 Å². The number of furan rings is 1. The van der Waals surface area contributed by atoms with Gasteiger partial charge in [-0.25, -0.2) is 4.39 Å². The monoisotopic (exact) mass is 329 g/mol. The second-order valence-electron chi connectivity index (χ2n) is 4.95. The first-order valence-electron chi connectivity index (χ1n) is 7.01. The van der Waals surface area contributed by atoms with Crippen molar-refractivity contribution < 1.29 is 13.6 Å². The Hall–Kier alpha value is -2.59. The number of nitrogens with one attached hydrogen (secondary N) is 1. The number of benzene rings is 2. The van der Waals surface area contributed by atoms with Crippen LogP contribution in [0.25, 0.3) is 11.3 Å². The minimum Gasteiger partial charge on any atom is -0.451 e. The van der Waals surface area contributed by atoms with E-state index >= 15 is 0 Å². The molecule has 0 aliphatic heterocycles. The number of halogens is 2. The van der Waals surface area contributed by atoms with Crippen LogP contribution in [0.4, 0.5) is 4.39 Å². The molecule has 2 aromatic carbocycles. The van der Waals surface area contributed by atoms with Crippen molar-refractivity contribution in [1.82, 2.24) is 5.32 Å². The lowest BCUT2D eigenvalue weighted by atomic mass is 10.2. The molecule has 0 atom stereocenters. The van der Waals surface area contributed by atoms with Crippen LogP contribution in [0.15, 0.2) is 65.1 Å². The van der Waals surface area contributed by atoms with Crippen LogP contribution in [0.1, 0.15) is 16.1 Å². The first-order valence-corrected chi connectivity index (χ1v) is 7.38. The molecule has 0 saturated heterocycles. The van der Waals surface area contributed by atoms with Crippen LogP contribution in [0.3, 0.4) is 0 Å². The molecule has 0 bridgehead atoms. The Morgan fingerprint density at radius 1 is 1.04 bits per heavy atom. The smallest absolute Gasteiger partial charge is 0.287 e. The molecule has 0 saturated carbocycles. The fraction of sp³-hybridized carbons (Fsp3) is 0.0556. The standard InChI is InChI=1S/C18H13ClFNO2/c19-15-4-2-1-3-14(15)16-9-10-17(23-16)18(22)21-11-12-5-7-13(20)8-6-12/h1-10H,11H2,(H,21,22). The van der Waals surface area contributed by atoms with Gasteiger partial charge in [0.2, 0.25) is 0 Å². The lowest BCUT2D eigenvalue weighted by molar-refractivity contribution is 0.0924. The maximum atomic E-state index is 12.8. The van der Waals surface area contributed by atoms with Crippen LogP contribution in [-0.2, 0) is 6.54 Å². The molecule has 23 heavy (non-hydrogen) atoms. The topological polar surface area (TPSA) is 42.2 Å². The van der Waals surface area contributed by atoms with Crippen LogP contribution >= 0.6 is 11.6 Å². The zero-order valence-corrected chi connectivity index (χ0v) is 12.8. The highest BCUT2D eigenvalue weighted by Crippen LogP contribution is 2.28. The minimum atomic E-state index is -0.340. The van der Waals surface area contributed by atoms with Crippen LogP contribution in [0, 0.1) is 5.82 Å². The van der Waals surface area contributed by atoms with Crippen LogP contribution in [-0.4, -0.2) is 5.91 Å². The number of hydrogen-bond donors (Lipinski definition) is 1. The molecule has 1 amide bonds. The molecule has 116 valence electrons. The van der Waals surface area contributed by atoms with Crippen LogP contribution < -0.4 is 5.32 Å². The van der Waals surface area contributed by atoms with Gasteiger partial charge < -0.3 is 9.73 Å².